The van der Waals surface area contributed by atoms with Crippen molar-refractivity contribution in [3.8, 4) is 0 Å². The first-order chi connectivity index (χ1) is 14.1. The van der Waals surface area contributed by atoms with Gasteiger partial charge in [-0.25, -0.2) is 4.98 Å². The lowest BCUT2D eigenvalue weighted by molar-refractivity contribution is -0.152. The number of anilines is 1. The largest absolute Gasteiger partial charge is 0.345 e. The highest BCUT2D eigenvalue weighted by Crippen LogP contribution is 2.39. The Balaban J connectivity index is 1.47. The van der Waals surface area contributed by atoms with Gasteiger partial charge < -0.3 is 9.80 Å². The van der Waals surface area contributed by atoms with E-state index in [0.29, 0.717) is 19.5 Å². The van der Waals surface area contributed by atoms with E-state index < -0.39 is 6.04 Å². The molecular weight excluding hydrogens is 408 g/mol. The second-order valence-corrected chi connectivity index (χ2v) is 9.83. The smallest absolute Gasteiger partial charge is 0.246 e. The molecule has 0 radical (unpaired) electrons. The van der Waals surface area contributed by atoms with Crippen LogP contribution in [0.15, 0.2) is 11.6 Å². The van der Waals surface area contributed by atoms with Gasteiger partial charge in [-0.1, -0.05) is 12.8 Å². The molecule has 3 fully saturated rings. The molecule has 3 atom stereocenters. The molecule has 0 spiro atoms. The molecule has 3 aliphatic rings. The highest BCUT2D eigenvalue weighted by Gasteiger charge is 2.52. The molecule has 9 heteroatoms. The van der Waals surface area contributed by atoms with Gasteiger partial charge in [0.05, 0.1) is 11.8 Å². The summed E-state index contributed by atoms with van der Waals surface area (Å²) in [7, 11) is 0. The predicted octanol–water partition coefficient (Wildman–Crippen LogP) is 2.09. The van der Waals surface area contributed by atoms with E-state index in [1.54, 1.807) is 29.3 Å². The highest BCUT2D eigenvalue weighted by molar-refractivity contribution is 7.98. The minimum absolute atomic E-state index is 0.0711. The summed E-state index contributed by atoms with van der Waals surface area (Å²) in [6.45, 7) is 2.64. The molecule has 4 rings (SSSR count). The van der Waals surface area contributed by atoms with E-state index in [-0.39, 0.29) is 29.6 Å². The van der Waals surface area contributed by atoms with Crippen molar-refractivity contribution >= 4 is 46.0 Å². The Labute approximate surface area is 179 Å². The average Bonchev–Trinajstić information content (AvgIpc) is 3.37. The summed E-state index contributed by atoms with van der Waals surface area (Å²) in [5, 5.41) is 2.93. The molecule has 0 aromatic carbocycles. The zero-order valence-corrected chi connectivity index (χ0v) is 18.4. The minimum Gasteiger partial charge on any atom is -0.345 e. The Morgan fingerprint density at radius 1 is 1.17 bits per heavy atom. The van der Waals surface area contributed by atoms with Gasteiger partial charge in [0, 0.05) is 37.8 Å². The van der Waals surface area contributed by atoms with E-state index in [1.807, 2.05) is 16.5 Å². The van der Waals surface area contributed by atoms with Crippen molar-refractivity contribution in [1.82, 2.24) is 14.8 Å². The van der Waals surface area contributed by atoms with Crippen molar-refractivity contribution in [2.24, 2.45) is 11.8 Å². The molecule has 1 saturated carbocycles. The Hall–Kier alpha value is -1.61. The molecule has 1 aliphatic carbocycles. The number of nitrogens with zero attached hydrogens (tertiary/aromatic N) is 4. The third-order valence-electron chi connectivity index (χ3n) is 6.35. The lowest BCUT2D eigenvalue weighted by atomic mass is 9.81. The molecule has 1 aromatic heterocycles. The number of rotatable bonds is 6. The number of imide groups is 1. The van der Waals surface area contributed by atoms with Gasteiger partial charge in [-0.2, -0.15) is 11.8 Å². The van der Waals surface area contributed by atoms with Crippen LogP contribution in [0.5, 0.6) is 0 Å². The Kier molecular flexibility index (Phi) is 6.44. The van der Waals surface area contributed by atoms with Crippen LogP contribution in [0.3, 0.4) is 0 Å². The molecule has 1 aromatic rings. The summed E-state index contributed by atoms with van der Waals surface area (Å²) in [5.41, 5.74) is 0. The van der Waals surface area contributed by atoms with E-state index in [4.69, 9.17) is 0 Å². The van der Waals surface area contributed by atoms with Crippen LogP contribution in [0, 0.1) is 11.8 Å². The third-order valence-corrected chi connectivity index (χ3v) is 7.82. The topological polar surface area (TPSA) is 73.8 Å². The maximum atomic E-state index is 13.4. The quantitative estimate of drug-likeness (QED) is 0.636. The van der Waals surface area contributed by atoms with E-state index in [1.165, 1.54) is 4.90 Å². The molecule has 7 nitrogen and oxygen atoms in total. The first-order valence-electron chi connectivity index (χ1n) is 10.4. The number of thiazole rings is 1. The van der Waals surface area contributed by atoms with Crippen LogP contribution < -0.4 is 4.90 Å². The monoisotopic (exact) mass is 436 g/mol. The van der Waals surface area contributed by atoms with Crippen LogP contribution in [0.25, 0.3) is 0 Å². The summed E-state index contributed by atoms with van der Waals surface area (Å²) < 4.78 is 0. The van der Waals surface area contributed by atoms with Crippen LogP contribution in [-0.4, -0.2) is 76.7 Å². The van der Waals surface area contributed by atoms with E-state index >= 15 is 0 Å². The molecule has 2 aliphatic heterocycles. The van der Waals surface area contributed by atoms with Gasteiger partial charge >= 0.3 is 0 Å². The summed E-state index contributed by atoms with van der Waals surface area (Å²) in [6.07, 6.45) is 7.86. The molecule has 0 bridgehead atoms. The third kappa shape index (κ3) is 4.03. The van der Waals surface area contributed by atoms with Gasteiger partial charge in [0.2, 0.25) is 17.7 Å². The standard InChI is InChI=1S/C20H28N4O3S2/c1-28-12-6-16(24-17(25)14-4-2-3-5-15(14)18(24)26)19(27)22-8-10-23(11-9-22)20-21-7-13-29-20/h7,13-16H,2-6,8-12H2,1H3/t14-,15+,16-/m0/s1. The van der Waals surface area contributed by atoms with Crippen molar-refractivity contribution in [3.63, 3.8) is 0 Å². The number of amides is 3. The molecule has 3 heterocycles. The molecule has 158 valence electrons. The first kappa shape index (κ1) is 20.7. The molecular formula is C20H28N4O3S2. The van der Waals surface area contributed by atoms with Crippen molar-refractivity contribution < 1.29 is 14.4 Å². The lowest BCUT2D eigenvalue weighted by Gasteiger charge is -2.37. The van der Waals surface area contributed by atoms with Gasteiger partial charge in [0.15, 0.2) is 5.13 Å². The second kappa shape index (κ2) is 9.04. The maximum Gasteiger partial charge on any atom is 0.246 e. The fourth-order valence-corrected chi connectivity index (χ4v) is 5.94. The number of carbonyl (C=O) groups excluding carboxylic acids is 3. The Bertz CT molecular complexity index is 725. The number of aromatic nitrogens is 1. The van der Waals surface area contributed by atoms with E-state index in [0.717, 1.165) is 49.7 Å². The van der Waals surface area contributed by atoms with Crippen LogP contribution in [0.1, 0.15) is 32.1 Å². The molecule has 2 saturated heterocycles. The molecule has 3 amide bonds. The normalized spacial score (nSPS) is 26.0. The van der Waals surface area contributed by atoms with Gasteiger partial charge in [0.1, 0.15) is 6.04 Å². The Morgan fingerprint density at radius 2 is 1.83 bits per heavy atom. The predicted molar refractivity (Wildman–Crippen MR) is 115 cm³/mol. The van der Waals surface area contributed by atoms with Crippen LogP contribution in [0.4, 0.5) is 5.13 Å². The van der Waals surface area contributed by atoms with Crippen LogP contribution in [-0.2, 0) is 14.4 Å². The maximum absolute atomic E-state index is 13.4. The summed E-state index contributed by atoms with van der Waals surface area (Å²) in [5.74, 6) is 0.0477. The number of hydrogen-bond donors (Lipinski definition) is 0. The van der Waals surface area contributed by atoms with Crippen LogP contribution >= 0.6 is 23.1 Å². The fraction of sp³-hybridized carbons (Fsp3) is 0.700. The fourth-order valence-electron chi connectivity index (χ4n) is 4.79. The number of likely N-dealkylation sites (tertiary alicyclic amines) is 1. The summed E-state index contributed by atoms with van der Waals surface area (Å²) in [4.78, 5) is 49.3. The molecule has 29 heavy (non-hydrogen) atoms. The summed E-state index contributed by atoms with van der Waals surface area (Å²) >= 11 is 3.24. The minimum atomic E-state index is -0.653. The number of carbonyl (C=O) groups is 3. The average molecular weight is 437 g/mol. The van der Waals surface area contributed by atoms with Gasteiger partial charge in [-0.15, -0.1) is 11.3 Å². The zero-order valence-electron chi connectivity index (χ0n) is 16.8. The van der Waals surface area contributed by atoms with Gasteiger partial charge in [-0.05, 0) is 31.3 Å². The van der Waals surface area contributed by atoms with Crippen molar-refractivity contribution in [2.75, 3.05) is 43.1 Å². The number of piperazine rings is 1. The Morgan fingerprint density at radius 3 is 2.38 bits per heavy atom. The van der Waals surface area contributed by atoms with Crippen molar-refractivity contribution in [2.45, 2.75) is 38.1 Å². The molecule has 0 N–H and O–H groups in total. The SMILES string of the molecule is CSCC[C@@H](C(=O)N1CCN(c2nccs2)CC1)N1C(=O)[C@H]2CCCC[C@H]2C1=O. The molecule has 0 unspecified atom stereocenters. The highest BCUT2D eigenvalue weighted by atomic mass is 32.2. The zero-order chi connectivity index (χ0) is 20.4. The number of hydrogen-bond acceptors (Lipinski definition) is 7. The van der Waals surface area contributed by atoms with E-state index in [9.17, 15) is 14.4 Å². The van der Waals surface area contributed by atoms with Crippen LogP contribution in [0.2, 0.25) is 0 Å². The van der Waals surface area contributed by atoms with Crippen molar-refractivity contribution in [1.29, 1.82) is 0 Å². The second-order valence-electron chi connectivity index (χ2n) is 7.97. The van der Waals surface area contributed by atoms with Gasteiger partial charge in [0.25, 0.3) is 0 Å². The number of thioether (sulfide) groups is 1. The first-order valence-corrected chi connectivity index (χ1v) is 12.7. The summed E-state index contributed by atoms with van der Waals surface area (Å²) in [6, 6.07) is -0.653. The van der Waals surface area contributed by atoms with E-state index in [2.05, 4.69) is 9.88 Å². The van der Waals surface area contributed by atoms with Gasteiger partial charge in [-0.3, -0.25) is 19.3 Å². The van der Waals surface area contributed by atoms with Crippen molar-refractivity contribution in [3.05, 3.63) is 11.6 Å². The lowest BCUT2D eigenvalue weighted by Crippen LogP contribution is -2.56. The number of fused-ring (bicyclic) bond motifs is 1.